The lowest BCUT2D eigenvalue weighted by atomic mass is 10.00. The summed E-state index contributed by atoms with van der Waals surface area (Å²) in [5.41, 5.74) is 2.49. The van der Waals surface area contributed by atoms with Crippen LogP contribution in [0, 0.1) is 0 Å². The summed E-state index contributed by atoms with van der Waals surface area (Å²) in [6, 6.07) is 24.9. The first-order chi connectivity index (χ1) is 11.7. The third-order valence-electron chi connectivity index (χ3n) is 4.48. The van der Waals surface area contributed by atoms with E-state index in [1.807, 2.05) is 30.3 Å². The first kappa shape index (κ1) is 16.3. The van der Waals surface area contributed by atoms with Gasteiger partial charge in [-0.25, -0.2) is 0 Å². The average Bonchev–Trinajstić information content (AvgIpc) is 2.65. The summed E-state index contributed by atoms with van der Waals surface area (Å²) in [6.45, 7) is 2.82. The predicted molar refractivity (Wildman–Crippen MR) is 100 cm³/mol. The van der Waals surface area contributed by atoms with Crippen LogP contribution in [0.4, 0.5) is 0 Å². The normalized spacial score (nSPS) is 12.0. The second-order valence-electron chi connectivity index (χ2n) is 6.25. The van der Waals surface area contributed by atoms with Crippen LogP contribution in [0.1, 0.15) is 30.4 Å². The molecule has 24 heavy (non-hydrogen) atoms. The van der Waals surface area contributed by atoms with Gasteiger partial charge in [0.05, 0.1) is 0 Å². The monoisotopic (exact) mass is 317 g/mol. The third kappa shape index (κ3) is 4.02. The molecule has 3 aromatic carbocycles. The molecule has 2 heteroatoms. The Balaban J connectivity index is 1.54. The topological polar surface area (TPSA) is 29.1 Å². The van der Waals surface area contributed by atoms with E-state index in [0.717, 1.165) is 6.42 Å². The highest BCUT2D eigenvalue weighted by atomic mass is 16.1. The Kier molecular flexibility index (Phi) is 5.27. The zero-order chi connectivity index (χ0) is 16.8. The summed E-state index contributed by atoms with van der Waals surface area (Å²) in [5.74, 6) is 0.443. The maximum absolute atomic E-state index is 12.2. The molecule has 0 aromatic heterocycles. The molecule has 0 spiro atoms. The number of hydrogen-bond donors (Lipinski definition) is 1. The molecule has 0 bridgehead atoms. The molecule has 0 saturated heterocycles. The number of rotatable bonds is 6. The minimum Gasteiger partial charge on any atom is -0.355 e. The van der Waals surface area contributed by atoms with E-state index < -0.39 is 0 Å². The van der Waals surface area contributed by atoms with E-state index in [4.69, 9.17) is 0 Å². The highest BCUT2D eigenvalue weighted by molar-refractivity contribution is 5.86. The lowest BCUT2D eigenvalue weighted by molar-refractivity contribution is -0.121. The van der Waals surface area contributed by atoms with E-state index in [-0.39, 0.29) is 5.91 Å². The minimum absolute atomic E-state index is 0.116. The molecule has 0 radical (unpaired) electrons. The maximum Gasteiger partial charge on any atom is 0.220 e. The fourth-order valence-corrected chi connectivity index (χ4v) is 3.01. The summed E-state index contributed by atoms with van der Waals surface area (Å²) < 4.78 is 0. The van der Waals surface area contributed by atoms with Gasteiger partial charge in [0, 0.05) is 13.0 Å². The first-order valence-electron chi connectivity index (χ1n) is 8.52. The summed E-state index contributed by atoms with van der Waals surface area (Å²) in [5, 5.41) is 5.53. The van der Waals surface area contributed by atoms with Crippen LogP contribution in [0.3, 0.4) is 0 Å². The van der Waals surface area contributed by atoms with E-state index in [2.05, 4.69) is 54.7 Å². The van der Waals surface area contributed by atoms with Crippen molar-refractivity contribution < 1.29 is 4.79 Å². The van der Waals surface area contributed by atoms with Gasteiger partial charge in [0.1, 0.15) is 0 Å². The van der Waals surface area contributed by atoms with Crippen LogP contribution in [-0.2, 0) is 11.2 Å². The van der Waals surface area contributed by atoms with Crippen molar-refractivity contribution in [2.75, 3.05) is 6.54 Å². The van der Waals surface area contributed by atoms with Crippen LogP contribution in [0.2, 0.25) is 0 Å². The Hall–Kier alpha value is -2.61. The molecule has 0 aliphatic rings. The van der Waals surface area contributed by atoms with Gasteiger partial charge in [-0.15, -0.1) is 0 Å². The molecular weight excluding hydrogens is 294 g/mol. The fourth-order valence-electron chi connectivity index (χ4n) is 3.01. The maximum atomic E-state index is 12.2. The Bertz CT molecular complexity index is 805. The zero-order valence-electron chi connectivity index (χ0n) is 14.0. The van der Waals surface area contributed by atoms with Gasteiger partial charge in [0.15, 0.2) is 0 Å². The first-order valence-corrected chi connectivity index (χ1v) is 8.52. The van der Waals surface area contributed by atoms with Crippen molar-refractivity contribution in [3.8, 4) is 0 Å². The Labute approximate surface area is 143 Å². The fraction of sp³-hybridized carbons (Fsp3) is 0.227. The molecule has 1 N–H and O–H groups in total. The Morgan fingerprint density at radius 3 is 2.46 bits per heavy atom. The molecule has 3 rings (SSSR count). The predicted octanol–water partition coefficient (Wildman–Crippen LogP) is 4.69. The van der Waals surface area contributed by atoms with Crippen LogP contribution < -0.4 is 5.32 Å². The van der Waals surface area contributed by atoms with Gasteiger partial charge in [-0.1, -0.05) is 79.7 Å². The highest BCUT2D eigenvalue weighted by Gasteiger charge is 2.08. The third-order valence-corrected chi connectivity index (χ3v) is 4.48. The SMILES string of the molecule is C[C@@H](CNC(=O)CCc1cccc2ccccc12)c1ccccc1. The lowest BCUT2D eigenvalue weighted by Gasteiger charge is -2.13. The minimum atomic E-state index is 0.116. The number of amides is 1. The number of carbonyl (C=O) groups excluding carboxylic acids is 1. The zero-order valence-corrected chi connectivity index (χ0v) is 14.0. The molecule has 0 heterocycles. The molecule has 0 saturated carbocycles. The second-order valence-corrected chi connectivity index (χ2v) is 6.25. The number of aryl methyl sites for hydroxylation is 1. The molecule has 3 aromatic rings. The highest BCUT2D eigenvalue weighted by Crippen LogP contribution is 2.19. The lowest BCUT2D eigenvalue weighted by Crippen LogP contribution is -2.27. The number of fused-ring (bicyclic) bond motifs is 1. The van der Waals surface area contributed by atoms with Gasteiger partial charge in [-0.2, -0.15) is 0 Å². The number of benzene rings is 3. The van der Waals surface area contributed by atoms with Gasteiger partial charge in [0.25, 0.3) is 0 Å². The molecule has 122 valence electrons. The largest absolute Gasteiger partial charge is 0.355 e. The average molecular weight is 317 g/mol. The summed E-state index contributed by atoms with van der Waals surface area (Å²) in [7, 11) is 0. The van der Waals surface area contributed by atoms with Crippen molar-refractivity contribution in [3.05, 3.63) is 83.9 Å². The van der Waals surface area contributed by atoms with Crippen molar-refractivity contribution >= 4 is 16.7 Å². The molecule has 2 nitrogen and oxygen atoms in total. The Morgan fingerprint density at radius 1 is 0.917 bits per heavy atom. The van der Waals surface area contributed by atoms with E-state index >= 15 is 0 Å². The quantitative estimate of drug-likeness (QED) is 0.702. The van der Waals surface area contributed by atoms with E-state index in [9.17, 15) is 4.79 Å². The van der Waals surface area contributed by atoms with E-state index in [1.165, 1.54) is 21.9 Å². The van der Waals surface area contributed by atoms with Crippen LogP contribution >= 0.6 is 0 Å². The molecular formula is C22H23NO. The molecule has 1 amide bonds. The second kappa shape index (κ2) is 7.78. The molecule has 0 fully saturated rings. The van der Waals surface area contributed by atoms with Gasteiger partial charge in [-0.05, 0) is 34.2 Å². The number of nitrogens with one attached hydrogen (secondary N) is 1. The van der Waals surface area contributed by atoms with Crippen molar-refractivity contribution in [2.24, 2.45) is 0 Å². The van der Waals surface area contributed by atoms with Crippen LogP contribution in [0.15, 0.2) is 72.8 Å². The molecule has 0 aliphatic carbocycles. The van der Waals surface area contributed by atoms with Gasteiger partial charge >= 0.3 is 0 Å². The summed E-state index contributed by atoms with van der Waals surface area (Å²) >= 11 is 0. The van der Waals surface area contributed by atoms with Crippen LogP contribution in [0.25, 0.3) is 10.8 Å². The van der Waals surface area contributed by atoms with Crippen LogP contribution in [0.5, 0.6) is 0 Å². The van der Waals surface area contributed by atoms with Gasteiger partial charge < -0.3 is 5.32 Å². The van der Waals surface area contributed by atoms with E-state index in [1.54, 1.807) is 0 Å². The van der Waals surface area contributed by atoms with Crippen molar-refractivity contribution in [1.82, 2.24) is 5.32 Å². The standard InChI is InChI=1S/C22H23NO/c1-17(18-8-3-2-4-9-18)16-23-22(24)15-14-20-12-7-11-19-10-5-6-13-21(19)20/h2-13,17H,14-16H2,1H3,(H,23,24)/t17-/m0/s1. The summed E-state index contributed by atoms with van der Waals surface area (Å²) in [4.78, 5) is 12.2. The van der Waals surface area contributed by atoms with Crippen molar-refractivity contribution in [2.45, 2.75) is 25.7 Å². The summed E-state index contributed by atoms with van der Waals surface area (Å²) in [6.07, 6.45) is 1.29. The number of hydrogen-bond acceptors (Lipinski definition) is 1. The smallest absolute Gasteiger partial charge is 0.220 e. The van der Waals surface area contributed by atoms with Crippen LogP contribution in [-0.4, -0.2) is 12.5 Å². The van der Waals surface area contributed by atoms with Crippen molar-refractivity contribution in [1.29, 1.82) is 0 Å². The molecule has 0 unspecified atom stereocenters. The molecule has 1 atom stereocenters. The van der Waals surface area contributed by atoms with Gasteiger partial charge in [-0.3, -0.25) is 4.79 Å². The van der Waals surface area contributed by atoms with Crippen molar-refractivity contribution in [3.63, 3.8) is 0 Å². The number of carbonyl (C=O) groups is 1. The molecule has 0 aliphatic heterocycles. The van der Waals surface area contributed by atoms with Gasteiger partial charge in [0.2, 0.25) is 5.91 Å². The van der Waals surface area contributed by atoms with E-state index in [0.29, 0.717) is 18.9 Å². The Morgan fingerprint density at radius 2 is 1.62 bits per heavy atom.